The lowest BCUT2D eigenvalue weighted by molar-refractivity contribution is -0.122. The Bertz CT molecular complexity index is 570. The third-order valence-corrected chi connectivity index (χ3v) is 4.43. The summed E-state index contributed by atoms with van der Waals surface area (Å²) in [5, 5.41) is 2.92. The van der Waals surface area contributed by atoms with Crippen LogP contribution in [0.4, 0.5) is 0 Å². The van der Waals surface area contributed by atoms with Gasteiger partial charge in [0, 0.05) is 4.88 Å². The van der Waals surface area contributed by atoms with Crippen LogP contribution in [0.25, 0.3) is 0 Å². The predicted octanol–water partition coefficient (Wildman–Crippen LogP) is 3.15. The highest BCUT2D eigenvalue weighted by molar-refractivity contribution is 7.16. The molecule has 1 heterocycles. The minimum atomic E-state index is -0.546. The third kappa shape index (κ3) is 4.07. The zero-order chi connectivity index (χ0) is 14.5. The Kier molecular flexibility index (Phi) is 5.17. The van der Waals surface area contributed by atoms with Gasteiger partial charge in [0.15, 0.2) is 0 Å². The van der Waals surface area contributed by atoms with Crippen LogP contribution in [-0.4, -0.2) is 11.9 Å². The van der Waals surface area contributed by atoms with Crippen molar-refractivity contribution in [3.63, 3.8) is 0 Å². The van der Waals surface area contributed by atoms with E-state index in [1.54, 1.807) is 0 Å². The number of carbonyl (C=O) groups is 1. The number of nitrogens with one attached hydrogen (secondary N) is 1. The number of rotatable bonds is 5. The number of thiophene rings is 1. The van der Waals surface area contributed by atoms with E-state index in [0.29, 0.717) is 6.42 Å². The average Bonchev–Trinajstić information content (AvgIpc) is 2.86. The molecular weight excluding hydrogens is 292 g/mol. The molecular formula is C15H17ClN2OS. The molecule has 3 nitrogen and oxygen atoms in total. The first-order valence-electron chi connectivity index (χ1n) is 6.41. The number of hydrogen-bond acceptors (Lipinski definition) is 3. The molecule has 2 atom stereocenters. The van der Waals surface area contributed by atoms with Gasteiger partial charge in [-0.1, -0.05) is 41.9 Å². The monoisotopic (exact) mass is 308 g/mol. The van der Waals surface area contributed by atoms with Crippen LogP contribution >= 0.6 is 22.9 Å². The van der Waals surface area contributed by atoms with E-state index in [1.807, 2.05) is 49.4 Å². The summed E-state index contributed by atoms with van der Waals surface area (Å²) >= 11 is 7.36. The smallest absolute Gasteiger partial charge is 0.237 e. The first-order valence-corrected chi connectivity index (χ1v) is 7.61. The molecule has 1 unspecified atom stereocenters. The van der Waals surface area contributed by atoms with Gasteiger partial charge in [-0.25, -0.2) is 0 Å². The molecule has 0 aliphatic heterocycles. The first kappa shape index (κ1) is 15.0. The highest BCUT2D eigenvalue weighted by Crippen LogP contribution is 2.26. The van der Waals surface area contributed by atoms with E-state index in [4.69, 9.17) is 17.3 Å². The first-order chi connectivity index (χ1) is 9.56. The molecule has 5 heteroatoms. The topological polar surface area (TPSA) is 55.1 Å². The van der Waals surface area contributed by atoms with Crippen molar-refractivity contribution >= 4 is 28.8 Å². The van der Waals surface area contributed by atoms with Crippen LogP contribution in [0.3, 0.4) is 0 Å². The number of benzene rings is 1. The second-order valence-electron chi connectivity index (χ2n) is 4.67. The summed E-state index contributed by atoms with van der Waals surface area (Å²) in [6.07, 6.45) is 0.532. The molecule has 3 N–H and O–H groups in total. The van der Waals surface area contributed by atoms with E-state index < -0.39 is 6.04 Å². The fourth-order valence-corrected chi connectivity index (χ4v) is 2.98. The van der Waals surface area contributed by atoms with E-state index in [0.717, 1.165) is 14.8 Å². The van der Waals surface area contributed by atoms with Gasteiger partial charge >= 0.3 is 0 Å². The molecule has 0 saturated heterocycles. The Morgan fingerprint density at radius 2 is 2.00 bits per heavy atom. The van der Waals surface area contributed by atoms with Gasteiger partial charge in [0.2, 0.25) is 5.91 Å². The van der Waals surface area contributed by atoms with Crippen LogP contribution in [0.5, 0.6) is 0 Å². The normalized spacial score (nSPS) is 13.8. The molecule has 106 valence electrons. The summed E-state index contributed by atoms with van der Waals surface area (Å²) in [4.78, 5) is 13.1. The van der Waals surface area contributed by atoms with Crippen molar-refractivity contribution in [3.8, 4) is 0 Å². The van der Waals surface area contributed by atoms with E-state index in [2.05, 4.69) is 5.32 Å². The predicted molar refractivity (Wildman–Crippen MR) is 84.0 cm³/mol. The van der Waals surface area contributed by atoms with E-state index in [1.165, 1.54) is 11.3 Å². The van der Waals surface area contributed by atoms with E-state index in [-0.39, 0.29) is 11.9 Å². The van der Waals surface area contributed by atoms with Crippen LogP contribution in [0, 0.1) is 0 Å². The maximum absolute atomic E-state index is 12.1. The van der Waals surface area contributed by atoms with Crippen LogP contribution in [-0.2, 0) is 11.2 Å². The number of hydrogen-bond donors (Lipinski definition) is 2. The van der Waals surface area contributed by atoms with Gasteiger partial charge in [0.05, 0.1) is 16.4 Å². The van der Waals surface area contributed by atoms with Crippen molar-refractivity contribution in [2.45, 2.75) is 25.4 Å². The minimum Gasteiger partial charge on any atom is -0.347 e. The number of amides is 1. The summed E-state index contributed by atoms with van der Waals surface area (Å²) in [5.74, 6) is -0.147. The maximum atomic E-state index is 12.1. The third-order valence-electron chi connectivity index (χ3n) is 3.01. The second-order valence-corrected chi connectivity index (χ2v) is 6.42. The van der Waals surface area contributed by atoms with Gasteiger partial charge in [-0.05, 0) is 31.0 Å². The van der Waals surface area contributed by atoms with Gasteiger partial charge in [0.1, 0.15) is 0 Å². The van der Waals surface area contributed by atoms with Crippen molar-refractivity contribution in [2.24, 2.45) is 5.73 Å². The standard InChI is InChI=1S/C15H17ClN2OS/c1-10(13-7-8-14(16)20-13)18-15(19)12(17)9-11-5-3-2-4-6-11/h2-8,10,12H,9,17H2,1H3,(H,18,19)/t10?,12-/m1/s1. The maximum Gasteiger partial charge on any atom is 0.237 e. The average molecular weight is 309 g/mol. The molecule has 2 rings (SSSR count). The minimum absolute atomic E-state index is 0.0816. The molecule has 0 spiro atoms. The molecule has 0 fully saturated rings. The molecule has 0 bridgehead atoms. The van der Waals surface area contributed by atoms with Gasteiger partial charge in [-0.3, -0.25) is 4.79 Å². The van der Waals surface area contributed by atoms with Crippen molar-refractivity contribution in [2.75, 3.05) is 0 Å². The molecule has 1 aromatic carbocycles. The lowest BCUT2D eigenvalue weighted by Gasteiger charge is -2.16. The Morgan fingerprint density at radius 1 is 1.30 bits per heavy atom. The summed E-state index contributed by atoms with van der Waals surface area (Å²) in [7, 11) is 0. The fraction of sp³-hybridized carbons (Fsp3) is 0.267. The fourth-order valence-electron chi connectivity index (χ4n) is 1.91. The molecule has 0 aliphatic carbocycles. The lowest BCUT2D eigenvalue weighted by atomic mass is 10.1. The molecule has 2 aromatic rings. The SMILES string of the molecule is CC(NC(=O)[C@H](N)Cc1ccccc1)c1ccc(Cl)s1. The molecule has 0 radical (unpaired) electrons. The Hall–Kier alpha value is -1.36. The van der Waals surface area contributed by atoms with Crippen molar-refractivity contribution in [1.29, 1.82) is 0 Å². The quantitative estimate of drug-likeness (QED) is 0.891. The number of nitrogens with two attached hydrogens (primary N) is 1. The van der Waals surface area contributed by atoms with E-state index >= 15 is 0 Å². The summed E-state index contributed by atoms with van der Waals surface area (Å²) in [6, 6.07) is 12.9. The van der Waals surface area contributed by atoms with Crippen LogP contribution < -0.4 is 11.1 Å². The van der Waals surface area contributed by atoms with Gasteiger partial charge < -0.3 is 11.1 Å². The van der Waals surface area contributed by atoms with Gasteiger partial charge in [-0.15, -0.1) is 11.3 Å². The van der Waals surface area contributed by atoms with E-state index in [9.17, 15) is 4.79 Å². The Balaban J connectivity index is 1.91. The van der Waals surface area contributed by atoms with Crippen LogP contribution in [0.15, 0.2) is 42.5 Å². The van der Waals surface area contributed by atoms with Crippen molar-refractivity contribution < 1.29 is 4.79 Å². The number of halogens is 1. The molecule has 0 saturated carbocycles. The molecule has 1 amide bonds. The molecule has 20 heavy (non-hydrogen) atoms. The summed E-state index contributed by atoms with van der Waals surface area (Å²) in [6.45, 7) is 1.93. The highest BCUT2D eigenvalue weighted by atomic mass is 35.5. The van der Waals surface area contributed by atoms with Crippen molar-refractivity contribution in [1.82, 2.24) is 5.32 Å². The Morgan fingerprint density at radius 3 is 2.60 bits per heavy atom. The zero-order valence-corrected chi connectivity index (χ0v) is 12.7. The summed E-state index contributed by atoms with van der Waals surface area (Å²) < 4.78 is 0.717. The highest BCUT2D eigenvalue weighted by Gasteiger charge is 2.17. The Labute approximate surface area is 127 Å². The molecule has 1 aromatic heterocycles. The van der Waals surface area contributed by atoms with Gasteiger partial charge in [-0.2, -0.15) is 0 Å². The lowest BCUT2D eigenvalue weighted by Crippen LogP contribution is -2.42. The van der Waals surface area contributed by atoms with Crippen LogP contribution in [0.2, 0.25) is 4.34 Å². The molecule has 0 aliphatic rings. The van der Waals surface area contributed by atoms with Crippen molar-refractivity contribution in [3.05, 3.63) is 57.2 Å². The largest absolute Gasteiger partial charge is 0.347 e. The van der Waals surface area contributed by atoms with Crippen LogP contribution in [0.1, 0.15) is 23.4 Å². The zero-order valence-electron chi connectivity index (χ0n) is 11.2. The van der Waals surface area contributed by atoms with Gasteiger partial charge in [0.25, 0.3) is 0 Å². The second kappa shape index (κ2) is 6.88. The summed E-state index contributed by atoms with van der Waals surface area (Å²) in [5.41, 5.74) is 7.00. The number of carbonyl (C=O) groups excluding carboxylic acids is 1.